The number of aryl methyl sites for hydroxylation is 1. The molecule has 1 aliphatic rings. The second-order valence-electron chi connectivity index (χ2n) is 8.91. The molecule has 1 N–H and O–H groups in total. The molecule has 2 aromatic heterocycles. The predicted octanol–water partition coefficient (Wildman–Crippen LogP) is 4.84. The highest BCUT2D eigenvalue weighted by Gasteiger charge is 2.35. The number of aliphatic hydroxyl groups is 1. The van der Waals surface area contributed by atoms with Gasteiger partial charge in [-0.05, 0) is 50.5 Å². The fourth-order valence-corrected chi connectivity index (χ4v) is 4.95. The molecule has 3 aromatic rings. The Kier molecular flexibility index (Phi) is 7.12. The van der Waals surface area contributed by atoms with Crippen LogP contribution >= 0.6 is 15.9 Å². The van der Waals surface area contributed by atoms with Gasteiger partial charge in [0.25, 0.3) is 0 Å². The Morgan fingerprint density at radius 1 is 1.35 bits per heavy atom. The molecule has 34 heavy (non-hydrogen) atoms. The van der Waals surface area contributed by atoms with Crippen molar-refractivity contribution in [2.45, 2.75) is 38.4 Å². The van der Waals surface area contributed by atoms with Crippen LogP contribution in [0.2, 0.25) is 0 Å². The van der Waals surface area contributed by atoms with Crippen LogP contribution in [0.4, 0.5) is 5.69 Å². The van der Waals surface area contributed by atoms with Gasteiger partial charge in [0.1, 0.15) is 0 Å². The lowest BCUT2D eigenvalue weighted by atomic mass is 9.91. The number of benzene rings is 1. The fraction of sp³-hybridized carbons (Fsp3) is 0.385. The Balaban J connectivity index is 1.82. The van der Waals surface area contributed by atoms with E-state index < -0.39 is 12.1 Å². The zero-order chi connectivity index (χ0) is 24.5. The smallest absolute Gasteiger partial charge is 0.339 e. The number of anilines is 1. The minimum Gasteiger partial charge on any atom is -0.467 e. The second kappa shape index (κ2) is 9.90. The van der Waals surface area contributed by atoms with Crippen LogP contribution in [0.25, 0.3) is 16.8 Å². The van der Waals surface area contributed by atoms with Gasteiger partial charge in [-0.3, -0.25) is 0 Å². The number of esters is 1. The van der Waals surface area contributed by atoms with Crippen LogP contribution < -0.4 is 4.90 Å². The van der Waals surface area contributed by atoms with E-state index in [0.29, 0.717) is 25.3 Å². The van der Waals surface area contributed by atoms with Crippen LogP contribution in [-0.4, -0.2) is 53.1 Å². The highest BCUT2D eigenvalue weighted by atomic mass is 79.9. The highest BCUT2D eigenvalue weighted by molar-refractivity contribution is 9.10. The zero-order valence-corrected chi connectivity index (χ0v) is 21.3. The predicted molar refractivity (Wildman–Crippen MR) is 136 cm³/mol. The lowest BCUT2D eigenvalue weighted by molar-refractivity contribution is -0.150. The first-order valence-electron chi connectivity index (χ1n) is 11.3. The molecule has 1 aliphatic heterocycles. The van der Waals surface area contributed by atoms with E-state index in [0.717, 1.165) is 45.3 Å². The van der Waals surface area contributed by atoms with Crippen molar-refractivity contribution in [1.82, 2.24) is 9.61 Å². The Morgan fingerprint density at radius 2 is 2.09 bits per heavy atom. The molecule has 0 amide bonds. The fourth-order valence-electron chi connectivity index (χ4n) is 4.55. The molecule has 0 radical (unpaired) electrons. The summed E-state index contributed by atoms with van der Waals surface area (Å²) in [7, 11) is 1.28. The lowest BCUT2D eigenvalue weighted by Gasteiger charge is -2.41. The lowest BCUT2D eigenvalue weighted by Crippen LogP contribution is -2.45. The zero-order valence-electron chi connectivity index (χ0n) is 19.8. The average molecular weight is 528 g/mol. The number of hydrogen-bond donors (Lipinski definition) is 1. The number of carbonyl (C=O) groups is 1. The van der Waals surface area contributed by atoms with Crippen LogP contribution in [0.15, 0.2) is 53.7 Å². The molecule has 0 unspecified atom stereocenters. The summed E-state index contributed by atoms with van der Waals surface area (Å²) >= 11 is 3.53. The summed E-state index contributed by atoms with van der Waals surface area (Å²) in [4.78, 5) is 14.6. The molecule has 1 saturated heterocycles. The van der Waals surface area contributed by atoms with Gasteiger partial charge in [0.05, 0.1) is 36.2 Å². The topological polar surface area (TPSA) is 76.3 Å². The Bertz CT molecular complexity index is 1210. The first-order valence-corrected chi connectivity index (χ1v) is 12.1. The van der Waals surface area contributed by atoms with Crippen LogP contribution in [0.5, 0.6) is 0 Å². The van der Waals surface area contributed by atoms with Gasteiger partial charge in [-0.25, -0.2) is 9.31 Å². The number of aliphatic hydroxyl groups excluding tert-OH is 1. The summed E-state index contributed by atoms with van der Waals surface area (Å²) in [5, 5.41) is 15.8. The third-order valence-corrected chi connectivity index (χ3v) is 6.97. The molecule has 1 fully saturated rings. The molecule has 0 aliphatic carbocycles. The summed E-state index contributed by atoms with van der Waals surface area (Å²) in [5.74, 6) is -0.684. The molecule has 0 spiro atoms. The maximum atomic E-state index is 12.4. The third kappa shape index (κ3) is 4.76. The van der Waals surface area contributed by atoms with E-state index in [9.17, 15) is 9.90 Å². The van der Waals surface area contributed by atoms with Gasteiger partial charge in [0, 0.05) is 34.9 Å². The molecule has 180 valence electrons. The van der Waals surface area contributed by atoms with E-state index in [2.05, 4.69) is 34.3 Å². The van der Waals surface area contributed by atoms with Crippen molar-refractivity contribution in [2.75, 3.05) is 31.7 Å². The van der Waals surface area contributed by atoms with Gasteiger partial charge in [0.2, 0.25) is 0 Å². The summed E-state index contributed by atoms with van der Waals surface area (Å²) in [6.07, 6.45) is 3.84. The summed E-state index contributed by atoms with van der Waals surface area (Å²) in [6, 6.07) is 9.97. The SMILES string of the molecule is C=CCOC1(C)CCN(c2c([C@H](O)C(=O)OC)c(C)cn3nc(-c4cccc(Br)c4)cc23)CC1. The van der Waals surface area contributed by atoms with E-state index >= 15 is 0 Å². The first kappa shape index (κ1) is 24.4. The number of carbonyl (C=O) groups excluding carboxylic acids is 1. The van der Waals surface area contributed by atoms with Gasteiger partial charge in [-0.2, -0.15) is 5.10 Å². The van der Waals surface area contributed by atoms with Gasteiger partial charge in [0.15, 0.2) is 6.10 Å². The Hall–Kier alpha value is -2.68. The van der Waals surface area contributed by atoms with Gasteiger partial charge >= 0.3 is 5.97 Å². The van der Waals surface area contributed by atoms with Crippen molar-refractivity contribution in [3.05, 3.63) is 64.8 Å². The number of hydrogen-bond acceptors (Lipinski definition) is 6. The maximum absolute atomic E-state index is 12.4. The van der Waals surface area contributed by atoms with Crippen molar-refractivity contribution in [2.24, 2.45) is 0 Å². The van der Waals surface area contributed by atoms with Crippen molar-refractivity contribution >= 4 is 33.1 Å². The van der Waals surface area contributed by atoms with Gasteiger partial charge in [-0.15, -0.1) is 6.58 Å². The monoisotopic (exact) mass is 527 g/mol. The number of fused-ring (bicyclic) bond motifs is 1. The number of methoxy groups -OCH3 is 1. The number of nitrogens with zero attached hydrogens (tertiary/aromatic N) is 3. The standard InChI is InChI=1S/C26H30BrN3O4/c1-5-13-34-26(3)9-11-29(12-10-26)23-21-15-20(18-7-6-8-19(27)14-18)28-30(21)16-17(2)22(23)24(31)25(32)33-4/h5-8,14-16,24,31H,1,9-13H2,2-4H3/t24-/m0/s1. The number of aromatic nitrogens is 2. The molecule has 1 atom stereocenters. The normalized spacial score (nSPS) is 16.4. The molecular formula is C26H30BrN3O4. The van der Waals surface area contributed by atoms with Crippen LogP contribution in [0.3, 0.4) is 0 Å². The summed E-state index contributed by atoms with van der Waals surface area (Å²) in [6.45, 7) is 9.69. The molecule has 4 rings (SSSR count). The quantitative estimate of drug-likeness (QED) is 0.350. The maximum Gasteiger partial charge on any atom is 0.339 e. The number of ether oxygens (including phenoxy) is 2. The molecule has 7 nitrogen and oxygen atoms in total. The number of halogens is 1. The van der Waals surface area contributed by atoms with E-state index in [-0.39, 0.29) is 5.60 Å². The van der Waals surface area contributed by atoms with Crippen LogP contribution in [-0.2, 0) is 14.3 Å². The average Bonchev–Trinajstić information content (AvgIpc) is 3.25. The number of rotatable bonds is 7. The van der Waals surface area contributed by atoms with E-state index in [1.165, 1.54) is 7.11 Å². The largest absolute Gasteiger partial charge is 0.467 e. The van der Waals surface area contributed by atoms with E-state index in [1.807, 2.05) is 48.0 Å². The highest BCUT2D eigenvalue weighted by Crippen LogP contribution is 2.39. The first-order chi connectivity index (χ1) is 16.3. The van der Waals surface area contributed by atoms with Crippen LogP contribution in [0, 0.1) is 6.92 Å². The van der Waals surface area contributed by atoms with Gasteiger partial charge in [-0.1, -0.05) is 34.1 Å². The summed E-state index contributed by atoms with van der Waals surface area (Å²) < 4.78 is 13.7. The van der Waals surface area contributed by atoms with Crippen molar-refractivity contribution in [3.63, 3.8) is 0 Å². The Labute approximate surface area is 208 Å². The number of pyridine rings is 1. The van der Waals surface area contributed by atoms with Crippen molar-refractivity contribution in [1.29, 1.82) is 0 Å². The van der Waals surface area contributed by atoms with E-state index in [1.54, 1.807) is 6.08 Å². The van der Waals surface area contributed by atoms with E-state index in [4.69, 9.17) is 14.6 Å². The van der Waals surface area contributed by atoms with Crippen LogP contribution in [0.1, 0.15) is 37.0 Å². The third-order valence-electron chi connectivity index (χ3n) is 6.48. The minimum atomic E-state index is -1.39. The molecule has 0 saturated carbocycles. The summed E-state index contributed by atoms with van der Waals surface area (Å²) in [5.41, 5.74) is 4.49. The Morgan fingerprint density at radius 3 is 2.74 bits per heavy atom. The minimum absolute atomic E-state index is 0.242. The van der Waals surface area contributed by atoms with Crippen molar-refractivity contribution in [3.8, 4) is 11.3 Å². The molecule has 3 heterocycles. The number of piperidine rings is 1. The molecule has 8 heteroatoms. The molecule has 1 aromatic carbocycles. The molecule has 0 bridgehead atoms. The molecular weight excluding hydrogens is 498 g/mol. The van der Waals surface area contributed by atoms with Gasteiger partial charge < -0.3 is 19.5 Å². The van der Waals surface area contributed by atoms with Crippen molar-refractivity contribution < 1.29 is 19.4 Å². The second-order valence-corrected chi connectivity index (χ2v) is 9.82.